The molecular formula is C10H14N6O. The van der Waals surface area contributed by atoms with Gasteiger partial charge in [0.2, 0.25) is 11.9 Å². The minimum atomic E-state index is 0.0299. The molecule has 1 aliphatic rings. The summed E-state index contributed by atoms with van der Waals surface area (Å²) in [6.07, 6.45) is 0.444. The number of hydrogen-bond donors (Lipinski definition) is 2. The number of nitrogen functional groups attached to an aromatic ring is 1. The lowest BCUT2D eigenvalue weighted by Gasteiger charge is -2.12. The number of aromatic nitrogens is 4. The van der Waals surface area contributed by atoms with Crippen LogP contribution in [0.5, 0.6) is 0 Å². The lowest BCUT2D eigenvalue weighted by molar-refractivity contribution is -0.119. The van der Waals surface area contributed by atoms with E-state index in [-0.39, 0.29) is 11.9 Å². The third-order valence-electron chi connectivity index (χ3n) is 3.18. The summed E-state index contributed by atoms with van der Waals surface area (Å²) >= 11 is 0. The van der Waals surface area contributed by atoms with Crippen LogP contribution in [0.3, 0.4) is 0 Å². The van der Waals surface area contributed by atoms with Gasteiger partial charge >= 0.3 is 0 Å². The van der Waals surface area contributed by atoms with Crippen molar-refractivity contribution in [1.29, 1.82) is 0 Å². The Morgan fingerprint density at radius 1 is 1.53 bits per heavy atom. The van der Waals surface area contributed by atoms with Crippen LogP contribution in [0.1, 0.15) is 18.2 Å². The van der Waals surface area contributed by atoms with Gasteiger partial charge in [-0.3, -0.25) is 14.0 Å². The number of hydrogen-bond acceptors (Lipinski definition) is 4. The summed E-state index contributed by atoms with van der Waals surface area (Å²) in [5.41, 5.74) is 8.47. The second kappa shape index (κ2) is 3.22. The molecule has 0 radical (unpaired) electrons. The Bertz CT molecular complexity index is 610. The third kappa shape index (κ3) is 1.31. The van der Waals surface area contributed by atoms with E-state index in [2.05, 4.69) is 15.4 Å². The minimum Gasteiger partial charge on any atom is -0.369 e. The number of nitrogens with two attached hydrogens (primary N) is 1. The number of imidazole rings is 1. The maximum absolute atomic E-state index is 11.3. The quantitative estimate of drug-likeness (QED) is 0.710. The molecule has 0 aliphatic carbocycles. The van der Waals surface area contributed by atoms with Gasteiger partial charge in [0.1, 0.15) is 5.52 Å². The molecule has 1 atom stereocenters. The molecule has 17 heavy (non-hydrogen) atoms. The Morgan fingerprint density at radius 2 is 2.29 bits per heavy atom. The topological polar surface area (TPSA) is 90.8 Å². The molecule has 7 nitrogen and oxygen atoms in total. The van der Waals surface area contributed by atoms with Crippen molar-refractivity contribution >= 4 is 23.0 Å². The van der Waals surface area contributed by atoms with E-state index in [4.69, 9.17) is 5.73 Å². The maximum Gasteiger partial charge on any atom is 0.222 e. The Balaban J connectivity index is 2.21. The maximum atomic E-state index is 11.3. The largest absolute Gasteiger partial charge is 0.369 e. The molecule has 1 fully saturated rings. The normalized spacial score (nSPS) is 20.1. The first-order valence-corrected chi connectivity index (χ1v) is 5.51. The van der Waals surface area contributed by atoms with Gasteiger partial charge < -0.3 is 11.1 Å². The zero-order valence-electron chi connectivity index (χ0n) is 9.77. The van der Waals surface area contributed by atoms with Gasteiger partial charge in [-0.1, -0.05) is 0 Å². The highest BCUT2D eigenvalue weighted by molar-refractivity contribution is 5.81. The lowest BCUT2D eigenvalue weighted by atomic mass is 10.2. The van der Waals surface area contributed by atoms with E-state index in [1.807, 2.05) is 18.5 Å². The first-order valence-electron chi connectivity index (χ1n) is 5.51. The fourth-order valence-corrected chi connectivity index (χ4v) is 2.45. The smallest absolute Gasteiger partial charge is 0.222 e. The third-order valence-corrected chi connectivity index (χ3v) is 3.18. The highest BCUT2D eigenvalue weighted by Gasteiger charge is 2.28. The van der Waals surface area contributed by atoms with E-state index < -0.39 is 0 Å². The first-order chi connectivity index (χ1) is 8.08. The standard InChI is InChI=1S/C10H14N6O/c1-5-8-9(15(2)14-5)16(10(11)13-8)6-3-7(17)12-4-6/h6H,3-4H2,1-2H3,(H2,11,13)(H,12,17). The van der Waals surface area contributed by atoms with Gasteiger partial charge in [0.15, 0.2) is 5.65 Å². The number of nitrogens with zero attached hydrogens (tertiary/aromatic N) is 4. The highest BCUT2D eigenvalue weighted by atomic mass is 16.1. The number of amides is 1. The molecule has 1 saturated heterocycles. The van der Waals surface area contributed by atoms with Gasteiger partial charge in [-0.05, 0) is 6.92 Å². The van der Waals surface area contributed by atoms with Crippen molar-refractivity contribution in [2.24, 2.45) is 7.05 Å². The number of carbonyl (C=O) groups is 1. The van der Waals surface area contributed by atoms with Crippen LogP contribution in [0.25, 0.3) is 11.2 Å². The Morgan fingerprint density at radius 3 is 2.94 bits per heavy atom. The molecule has 3 N–H and O–H groups in total. The summed E-state index contributed by atoms with van der Waals surface area (Å²) in [4.78, 5) is 15.6. The second-order valence-corrected chi connectivity index (χ2v) is 4.38. The summed E-state index contributed by atoms with van der Waals surface area (Å²) in [6.45, 7) is 2.50. The molecule has 0 spiro atoms. The zero-order chi connectivity index (χ0) is 12.2. The molecule has 3 rings (SSSR count). The molecule has 2 aromatic rings. The Labute approximate surface area is 97.6 Å². The van der Waals surface area contributed by atoms with Crippen LogP contribution in [-0.2, 0) is 11.8 Å². The molecule has 2 aromatic heterocycles. The summed E-state index contributed by atoms with van der Waals surface area (Å²) in [5.74, 6) is 0.493. The van der Waals surface area contributed by atoms with Crippen LogP contribution < -0.4 is 11.1 Å². The minimum absolute atomic E-state index is 0.0299. The molecule has 1 aliphatic heterocycles. The fourth-order valence-electron chi connectivity index (χ4n) is 2.45. The molecular weight excluding hydrogens is 220 g/mol. The average Bonchev–Trinajstić information content (AvgIpc) is 2.87. The molecule has 0 aromatic carbocycles. The van der Waals surface area contributed by atoms with Gasteiger partial charge in [0.25, 0.3) is 0 Å². The highest BCUT2D eigenvalue weighted by Crippen LogP contribution is 2.27. The van der Waals surface area contributed by atoms with Crippen molar-refractivity contribution in [3.63, 3.8) is 0 Å². The van der Waals surface area contributed by atoms with Gasteiger partial charge in [0, 0.05) is 20.0 Å². The molecule has 7 heteroatoms. The van der Waals surface area contributed by atoms with E-state index >= 15 is 0 Å². The van der Waals surface area contributed by atoms with Crippen molar-refractivity contribution in [3.8, 4) is 0 Å². The Hall–Kier alpha value is -2.05. The van der Waals surface area contributed by atoms with Gasteiger partial charge in [0.05, 0.1) is 11.7 Å². The average molecular weight is 234 g/mol. The Kier molecular flexibility index (Phi) is 1.92. The predicted molar refractivity (Wildman–Crippen MR) is 62.3 cm³/mol. The van der Waals surface area contributed by atoms with E-state index in [0.29, 0.717) is 18.9 Å². The van der Waals surface area contributed by atoms with Crippen LogP contribution in [0, 0.1) is 6.92 Å². The summed E-state index contributed by atoms with van der Waals surface area (Å²) < 4.78 is 3.66. The summed E-state index contributed by atoms with van der Waals surface area (Å²) in [5, 5.41) is 7.12. The number of nitrogens with one attached hydrogen (secondary N) is 1. The molecule has 1 unspecified atom stereocenters. The predicted octanol–water partition coefficient (Wildman–Crippen LogP) is -0.279. The molecule has 90 valence electrons. The molecule has 3 heterocycles. The number of aryl methyl sites for hydroxylation is 2. The van der Waals surface area contributed by atoms with Crippen LogP contribution in [0.15, 0.2) is 0 Å². The van der Waals surface area contributed by atoms with Crippen LogP contribution in [0.2, 0.25) is 0 Å². The molecule has 1 amide bonds. The van der Waals surface area contributed by atoms with E-state index in [1.165, 1.54) is 0 Å². The van der Waals surface area contributed by atoms with E-state index in [1.54, 1.807) is 4.68 Å². The van der Waals surface area contributed by atoms with Crippen LogP contribution >= 0.6 is 0 Å². The van der Waals surface area contributed by atoms with Crippen LogP contribution in [-0.4, -0.2) is 31.8 Å². The van der Waals surface area contributed by atoms with Gasteiger partial charge in [-0.15, -0.1) is 0 Å². The van der Waals surface area contributed by atoms with Crippen molar-refractivity contribution in [1.82, 2.24) is 24.6 Å². The molecule has 0 bridgehead atoms. The zero-order valence-corrected chi connectivity index (χ0v) is 9.77. The van der Waals surface area contributed by atoms with Crippen molar-refractivity contribution in [2.75, 3.05) is 12.3 Å². The number of fused-ring (bicyclic) bond motifs is 1. The fraction of sp³-hybridized carbons (Fsp3) is 0.500. The van der Waals surface area contributed by atoms with E-state index in [0.717, 1.165) is 16.9 Å². The van der Waals surface area contributed by atoms with Crippen molar-refractivity contribution in [3.05, 3.63) is 5.69 Å². The first kappa shape index (κ1) is 10.1. The van der Waals surface area contributed by atoms with Crippen molar-refractivity contribution in [2.45, 2.75) is 19.4 Å². The SMILES string of the molecule is Cc1nn(C)c2c1nc(N)n2C1CNC(=O)C1. The van der Waals surface area contributed by atoms with Crippen LogP contribution in [0.4, 0.5) is 5.95 Å². The molecule has 0 saturated carbocycles. The van der Waals surface area contributed by atoms with E-state index in [9.17, 15) is 4.79 Å². The summed E-state index contributed by atoms with van der Waals surface area (Å²) in [6, 6.07) is 0.0299. The summed E-state index contributed by atoms with van der Waals surface area (Å²) in [7, 11) is 1.86. The van der Waals surface area contributed by atoms with Gasteiger partial charge in [-0.2, -0.15) is 5.10 Å². The van der Waals surface area contributed by atoms with Crippen molar-refractivity contribution < 1.29 is 4.79 Å². The van der Waals surface area contributed by atoms with Gasteiger partial charge in [-0.25, -0.2) is 4.98 Å². The number of rotatable bonds is 1. The number of anilines is 1. The second-order valence-electron chi connectivity index (χ2n) is 4.38. The lowest BCUT2D eigenvalue weighted by Crippen LogP contribution is -2.17. The monoisotopic (exact) mass is 234 g/mol. The number of carbonyl (C=O) groups excluding carboxylic acids is 1.